The molecule has 0 amide bonds. The summed E-state index contributed by atoms with van der Waals surface area (Å²) in [6, 6.07) is 0. The third-order valence-corrected chi connectivity index (χ3v) is 1.80. The van der Waals surface area contributed by atoms with E-state index >= 15 is 0 Å². The Morgan fingerprint density at radius 1 is 1.44 bits per heavy atom. The number of carbonyl (C=O) groups is 1. The first-order chi connectivity index (χ1) is 8.26. The molecule has 18 heavy (non-hydrogen) atoms. The fraction of sp³-hybridized carbons (Fsp3) is 0.455. The van der Waals surface area contributed by atoms with Crippen LogP contribution in [-0.2, 0) is 9.53 Å². The topological polar surface area (TPSA) is 58.9 Å². The highest BCUT2D eigenvalue weighted by Gasteiger charge is 2.25. The minimum atomic E-state index is -4.19. The number of hydrogen-bond acceptors (Lipinski definition) is 3. The zero-order chi connectivity index (χ0) is 14.2. The smallest absolute Gasteiger partial charge is 0.389 e. The van der Waals surface area contributed by atoms with Gasteiger partial charge in [0.25, 0.3) is 0 Å². The van der Waals surface area contributed by atoms with Gasteiger partial charge in [0, 0.05) is 6.42 Å². The summed E-state index contributed by atoms with van der Waals surface area (Å²) in [6.07, 6.45) is -2.78. The maximum Gasteiger partial charge on any atom is 0.389 e. The van der Waals surface area contributed by atoms with Crippen molar-refractivity contribution in [2.75, 3.05) is 6.61 Å². The van der Waals surface area contributed by atoms with Gasteiger partial charge >= 0.3 is 12.1 Å². The Balaban J connectivity index is 4.13. The van der Waals surface area contributed by atoms with Crippen LogP contribution < -0.4 is 0 Å². The van der Waals surface area contributed by atoms with E-state index in [0.29, 0.717) is 5.76 Å². The number of carboxylic acid groups (broad SMARTS) is 1. The summed E-state index contributed by atoms with van der Waals surface area (Å²) in [6.45, 7) is 4.49. The lowest BCUT2D eigenvalue weighted by Crippen LogP contribution is -2.08. The highest BCUT2D eigenvalue weighted by molar-refractivity contribution is 5.87. The summed E-state index contributed by atoms with van der Waals surface area (Å²) < 4.78 is 40.4. The second kappa shape index (κ2) is 7.52. The molecule has 0 saturated carbocycles. The zero-order valence-corrected chi connectivity index (χ0v) is 9.83. The lowest BCUT2D eigenvalue weighted by atomic mass is 10.3. The molecular formula is C11H14F3NO3. The summed E-state index contributed by atoms with van der Waals surface area (Å²) in [5, 5.41) is 8.59. The van der Waals surface area contributed by atoms with Crippen molar-refractivity contribution in [3.8, 4) is 0 Å². The summed E-state index contributed by atoms with van der Waals surface area (Å²) >= 11 is 0. The maximum absolute atomic E-state index is 11.8. The molecule has 0 aliphatic carbocycles. The molecule has 0 aromatic heterocycles. The third kappa shape index (κ3) is 8.37. The molecule has 0 aliphatic rings. The minimum absolute atomic E-state index is 0.0837. The van der Waals surface area contributed by atoms with E-state index in [1.54, 1.807) is 0 Å². The summed E-state index contributed by atoms with van der Waals surface area (Å²) in [7, 11) is 0. The zero-order valence-electron chi connectivity index (χ0n) is 9.83. The molecule has 0 atom stereocenters. The molecule has 0 aliphatic heterocycles. The summed E-state index contributed by atoms with van der Waals surface area (Å²) in [4.78, 5) is 13.8. The number of hydrogen-bond donors (Lipinski definition) is 1. The first kappa shape index (κ1) is 16.2. The Hall–Kier alpha value is -1.79. The van der Waals surface area contributed by atoms with Gasteiger partial charge in [0.1, 0.15) is 5.70 Å². The average Bonchev–Trinajstić information content (AvgIpc) is 2.23. The fourth-order valence-corrected chi connectivity index (χ4v) is 0.942. The van der Waals surface area contributed by atoms with Crippen LogP contribution >= 0.6 is 0 Å². The van der Waals surface area contributed by atoms with Crippen LogP contribution in [0.3, 0.4) is 0 Å². The van der Waals surface area contributed by atoms with Crippen molar-refractivity contribution in [3.05, 3.63) is 23.6 Å². The van der Waals surface area contributed by atoms with Crippen molar-refractivity contribution >= 4 is 12.7 Å². The van der Waals surface area contributed by atoms with Crippen LogP contribution in [0.25, 0.3) is 0 Å². The molecule has 7 heteroatoms. The lowest BCUT2D eigenvalue weighted by Gasteiger charge is -2.07. The number of rotatable bonds is 7. The van der Waals surface area contributed by atoms with E-state index in [2.05, 4.69) is 11.7 Å². The van der Waals surface area contributed by atoms with E-state index in [1.165, 1.54) is 13.0 Å². The van der Waals surface area contributed by atoms with Crippen molar-refractivity contribution in [1.82, 2.24) is 0 Å². The van der Waals surface area contributed by atoms with Crippen molar-refractivity contribution in [2.24, 2.45) is 4.99 Å². The van der Waals surface area contributed by atoms with Crippen LogP contribution in [0.2, 0.25) is 0 Å². The van der Waals surface area contributed by atoms with Gasteiger partial charge in [-0.25, -0.2) is 4.79 Å². The molecule has 0 aromatic carbocycles. The van der Waals surface area contributed by atoms with Gasteiger partial charge in [-0.2, -0.15) is 13.2 Å². The number of allylic oxidation sites excluding steroid dienone is 3. The van der Waals surface area contributed by atoms with E-state index in [-0.39, 0.29) is 18.7 Å². The second-order valence-electron chi connectivity index (χ2n) is 3.36. The Bertz CT molecular complexity index is 359. The maximum atomic E-state index is 11.8. The molecule has 0 bridgehead atoms. The van der Waals surface area contributed by atoms with Gasteiger partial charge in [-0.15, -0.1) is 0 Å². The molecule has 0 rings (SSSR count). The number of nitrogens with zero attached hydrogens (tertiary/aromatic N) is 1. The molecule has 0 unspecified atom stereocenters. The van der Waals surface area contributed by atoms with Gasteiger partial charge in [0.2, 0.25) is 0 Å². The summed E-state index contributed by atoms with van der Waals surface area (Å²) in [5.74, 6) is -0.939. The molecule has 0 saturated heterocycles. The molecule has 0 spiro atoms. The second-order valence-corrected chi connectivity index (χ2v) is 3.36. The average molecular weight is 265 g/mol. The third-order valence-electron chi connectivity index (χ3n) is 1.80. The van der Waals surface area contributed by atoms with Gasteiger partial charge in [-0.05, 0) is 32.2 Å². The lowest BCUT2D eigenvalue weighted by molar-refractivity contribution is -0.137. The van der Waals surface area contributed by atoms with E-state index in [1.807, 2.05) is 0 Å². The number of carboxylic acids is 1. The number of halogens is 3. The van der Waals surface area contributed by atoms with Crippen molar-refractivity contribution < 1.29 is 27.8 Å². The molecule has 4 nitrogen and oxygen atoms in total. The fourth-order valence-electron chi connectivity index (χ4n) is 0.942. The molecule has 102 valence electrons. The van der Waals surface area contributed by atoms with Gasteiger partial charge < -0.3 is 9.84 Å². The first-order valence-corrected chi connectivity index (χ1v) is 5.04. The number of aliphatic imine (C=N–C) groups is 1. The highest BCUT2D eigenvalue weighted by atomic mass is 19.4. The Kier molecular flexibility index (Phi) is 6.77. The number of aliphatic carboxylic acids is 1. The predicted octanol–water partition coefficient (Wildman–Crippen LogP) is 2.92. The van der Waals surface area contributed by atoms with E-state index in [4.69, 9.17) is 9.84 Å². The Labute approximate surface area is 102 Å². The normalized spacial score (nSPS) is 13.3. The molecule has 0 radical (unpaired) electrons. The molecule has 0 aromatic rings. The first-order valence-electron chi connectivity index (χ1n) is 5.04. The van der Waals surface area contributed by atoms with Crippen LogP contribution in [0.4, 0.5) is 13.2 Å². The van der Waals surface area contributed by atoms with Gasteiger partial charge in [0.05, 0.1) is 12.4 Å². The number of alkyl halides is 3. The summed E-state index contributed by atoms with van der Waals surface area (Å²) in [5.41, 5.74) is -0.270. The largest absolute Gasteiger partial charge is 0.498 e. The highest BCUT2D eigenvalue weighted by Crippen LogP contribution is 2.21. The van der Waals surface area contributed by atoms with Gasteiger partial charge in [-0.1, -0.05) is 0 Å². The van der Waals surface area contributed by atoms with Crippen LogP contribution in [0, 0.1) is 0 Å². The van der Waals surface area contributed by atoms with E-state index < -0.39 is 18.6 Å². The predicted molar refractivity (Wildman–Crippen MR) is 60.3 cm³/mol. The molecule has 0 fully saturated rings. The Morgan fingerprint density at radius 3 is 2.50 bits per heavy atom. The monoisotopic (exact) mass is 265 g/mol. The number of ether oxygens (including phenoxy) is 1. The van der Waals surface area contributed by atoms with Gasteiger partial charge in [0.15, 0.2) is 0 Å². The van der Waals surface area contributed by atoms with Crippen molar-refractivity contribution in [2.45, 2.75) is 25.9 Å². The standard InChI is InChI=1S/C11H14F3NO3/c1-8(4-5-9(15-2)10(16)17)18-7-3-6-11(12,13)14/h4-5H,2-3,6-7H2,1H3,(H,16,17)/b8-4+,9-5-. The molecule has 1 N–H and O–H groups in total. The quantitative estimate of drug-likeness (QED) is 0.253. The van der Waals surface area contributed by atoms with Crippen molar-refractivity contribution in [1.29, 1.82) is 0 Å². The van der Waals surface area contributed by atoms with Crippen LogP contribution in [0.15, 0.2) is 28.6 Å². The van der Waals surface area contributed by atoms with E-state index in [0.717, 1.165) is 6.08 Å². The van der Waals surface area contributed by atoms with Gasteiger partial charge in [-0.3, -0.25) is 4.99 Å². The molecular weight excluding hydrogens is 251 g/mol. The van der Waals surface area contributed by atoms with E-state index in [9.17, 15) is 18.0 Å². The SMILES string of the molecule is C=N/C(=C\C=C(/C)OCCCC(F)(F)F)C(=O)O. The van der Waals surface area contributed by atoms with Crippen LogP contribution in [0.5, 0.6) is 0 Å². The molecule has 0 heterocycles. The van der Waals surface area contributed by atoms with Crippen LogP contribution in [0.1, 0.15) is 19.8 Å². The Morgan fingerprint density at radius 2 is 2.06 bits per heavy atom. The van der Waals surface area contributed by atoms with Crippen molar-refractivity contribution in [3.63, 3.8) is 0 Å². The minimum Gasteiger partial charge on any atom is -0.498 e. The van der Waals surface area contributed by atoms with Crippen LogP contribution in [-0.4, -0.2) is 30.6 Å².